The van der Waals surface area contributed by atoms with Crippen molar-refractivity contribution < 1.29 is 4.79 Å². The number of hydrogen-bond donors (Lipinski definition) is 1. The molecule has 0 saturated heterocycles. The third-order valence-corrected chi connectivity index (χ3v) is 3.27. The highest BCUT2D eigenvalue weighted by Crippen LogP contribution is 2.22. The summed E-state index contributed by atoms with van der Waals surface area (Å²) >= 11 is 7.10. The quantitative estimate of drug-likeness (QED) is 0.807. The number of hydrogen-bond acceptors (Lipinski definition) is 3. The van der Waals surface area contributed by atoms with E-state index in [2.05, 4.69) is 5.32 Å². The van der Waals surface area contributed by atoms with Crippen LogP contribution in [0.2, 0.25) is 4.34 Å². The van der Waals surface area contributed by atoms with Gasteiger partial charge in [0.2, 0.25) is 0 Å². The van der Waals surface area contributed by atoms with Crippen LogP contribution in [-0.4, -0.2) is 38.0 Å². The molecule has 1 amide bonds. The molecule has 5 heteroatoms. The van der Waals surface area contributed by atoms with Crippen LogP contribution in [0.5, 0.6) is 0 Å². The predicted molar refractivity (Wildman–Crippen MR) is 64.8 cm³/mol. The fourth-order valence-electron chi connectivity index (χ4n) is 1.21. The van der Waals surface area contributed by atoms with Crippen molar-refractivity contribution in [2.24, 2.45) is 0 Å². The maximum Gasteiger partial charge on any atom is 0.263 e. The number of halogens is 1. The second kappa shape index (κ2) is 6.10. The van der Waals surface area contributed by atoms with E-state index in [0.717, 1.165) is 19.5 Å². The van der Waals surface area contributed by atoms with Crippen molar-refractivity contribution in [2.45, 2.75) is 6.42 Å². The highest BCUT2D eigenvalue weighted by atomic mass is 35.5. The van der Waals surface area contributed by atoms with Crippen LogP contribution in [0.1, 0.15) is 16.1 Å². The van der Waals surface area contributed by atoms with Gasteiger partial charge in [-0.15, -0.1) is 11.3 Å². The Morgan fingerprint density at radius 2 is 2.33 bits per heavy atom. The van der Waals surface area contributed by atoms with Crippen LogP contribution in [0.15, 0.2) is 12.1 Å². The van der Waals surface area contributed by atoms with E-state index in [9.17, 15) is 4.79 Å². The van der Waals surface area contributed by atoms with Crippen LogP contribution >= 0.6 is 22.9 Å². The lowest BCUT2D eigenvalue weighted by Crippen LogP contribution is -2.28. The van der Waals surface area contributed by atoms with Crippen molar-refractivity contribution in [3.05, 3.63) is 21.3 Å². The van der Waals surface area contributed by atoms with Gasteiger partial charge in [-0.05, 0) is 32.1 Å². The summed E-state index contributed by atoms with van der Waals surface area (Å²) in [5.41, 5.74) is 0. The van der Waals surface area contributed by atoms with Gasteiger partial charge in [0, 0.05) is 13.6 Å². The molecule has 0 aromatic carbocycles. The number of amides is 1. The largest absolute Gasteiger partial charge is 0.341 e. The molecule has 1 aromatic rings. The van der Waals surface area contributed by atoms with Crippen molar-refractivity contribution in [1.29, 1.82) is 0 Å². The molecule has 1 rings (SSSR count). The maximum atomic E-state index is 11.8. The van der Waals surface area contributed by atoms with Gasteiger partial charge in [-0.25, -0.2) is 0 Å². The Labute approximate surface area is 99.0 Å². The van der Waals surface area contributed by atoms with Gasteiger partial charge in [0.15, 0.2) is 0 Å². The zero-order valence-corrected chi connectivity index (χ0v) is 10.5. The molecule has 0 bridgehead atoms. The van der Waals surface area contributed by atoms with Crippen molar-refractivity contribution in [3.8, 4) is 0 Å². The second-order valence-corrected chi connectivity index (χ2v) is 5.00. The van der Waals surface area contributed by atoms with Crippen LogP contribution < -0.4 is 5.32 Å². The first-order valence-corrected chi connectivity index (χ1v) is 6.00. The molecule has 0 aliphatic carbocycles. The van der Waals surface area contributed by atoms with E-state index in [1.54, 1.807) is 17.0 Å². The van der Waals surface area contributed by atoms with E-state index in [1.165, 1.54) is 11.3 Å². The molecule has 1 aromatic heterocycles. The summed E-state index contributed by atoms with van der Waals surface area (Å²) in [6.07, 6.45) is 0.956. The average Bonchev–Trinajstić information content (AvgIpc) is 2.64. The van der Waals surface area contributed by atoms with E-state index in [4.69, 9.17) is 11.6 Å². The molecular weight excluding hydrogens is 232 g/mol. The zero-order chi connectivity index (χ0) is 11.3. The number of nitrogens with one attached hydrogen (secondary N) is 1. The van der Waals surface area contributed by atoms with Crippen LogP contribution in [-0.2, 0) is 0 Å². The summed E-state index contributed by atoms with van der Waals surface area (Å²) in [4.78, 5) is 14.2. The Morgan fingerprint density at radius 3 is 2.87 bits per heavy atom. The SMILES string of the molecule is CNCCCN(C)C(=O)c1ccc(Cl)s1. The molecule has 0 aliphatic rings. The Bertz CT molecular complexity index is 327. The molecule has 0 radical (unpaired) electrons. The lowest BCUT2D eigenvalue weighted by Gasteiger charge is -2.15. The minimum Gasteiger partial charge on any atom is -0.341 e. The number of nitrogens with zero attached hydrogens (tertiary/aromatic N) is 1. The highest BCUT2D eigenvalue weighted by Gasteiger charge is 2.12. The van der Waals surface area contributed by atoms with Crippen molar-refractivity contribution in [3.63, 3.8) is 0 Å². The van der Waals surface area contributed by atoms with Gasteiger partial charge >= 0.3 is 0 Å². The van der Waals surface area contributed by atoms with Crippen LogP contribution in [0.4, 0.5) is 0 Å². The number of rotatable bonds is 5. The molecule has 0 atom stereocenters. The fraction of sp³-hybridized carbons (Fsp3) is 0.500. The third kappa shape index (κ3) is 3.81. The lowest BCUT2D eigenvalue weighted by molar-refractivity contribution is 0.0798. The summed E-state index contributed by atoms with van der Waals surface area (Å²) in [6, 6.07) is 3.52. The lowest BCUT2D eigenvalue weighted by atomic mass is 10.3. The molecule has 0 spiro atoms. The Balaban J connectivity index is 2.46. The Morgan fingerprint density at radius 1 is 1.60 bits per heavy atom. The molecule has 0 unspecified atom stereocenters. The van der Waals surface area contributed by atoms with E-state index < -0.39 is 0 Å². The highest BCUT2D eigenvalue weighted by molar-refractivity contribution is 7.17. The first-order chi connectivity index (χ1) is 7.15. The minimum absolute atomic E-state index is 0.0444. The predicted octanol–water partition coefficient (Wildman–Crippen LogP) is 2.08. The molecule has 0 fully saturated rings. The molecule has 0 saturated carbocycles. The van der Waals surface area contributed by atoms with Gasteiger partial charge < -0.3 is 10.2 Å². The van der Waals surface area contributed by atoms with Crippen LogP contribution in [0, 0.1) is 0 Å². The molecule has 1 N–H and O–H groups in total. The molecule has 1 heterocycles. The summed E-state index contributed by atoms with van der Waals surface area (Å²) < 4.78 is 0.655. The van der Waals surface area contributed by atoms with Gasteiger partial charge in [-0.3, -0.25) is 4.79 Å². The van der Waals surface area contributed by atoms with E-state index >= 15 is 0 Å². The molecule has 3 nitrogen and oxygen atoms in total. The van der Waals surface area contributed by atoms with Gasteiger partial charge in [-0.1, -0.05) is 11.6 Å². The number of carbonyl (C=O) groups excluding carboxylic acids is 1. The van der Waals surface area contributed by atoms with E-state index in [0.29, 0.717) is 9.21 Å². The van der Waals surface area contributed by atoms with Gasteiger partial charge in [-0.2, -0.15) is 0 Å². The topological polar surface area (TPSA) is 32.3 Å². The van der Waals surface area contributed by atoms with Gasteiger partial charge in [0.05, 0.1) is 9.21 Å². The Hall–Kier alpha value is -0.580. The minimum atomic E-state index is 0.0444. The van der Waals surface area contributed by atoms with Crippen LogP contribution in [0.25, 0.3) is 0 Å². The summed E-state index contributed by atoms with van der Waals surface area (Å²) in [6.45, 7) is 1.68. The van der Waals surface area contributed by atoms with Crippen molar-refractivity contribution in [1.82, 2.24) is 10.2 Å². The van der Waals surface area contributed by atoms with Crippen LogP contribution in [0.3, 0.4) is 0 Å². The first-order valence-electron chi connectivity index (χ1n) is 4.80. The van der Waals surface area contributed by atoms with Gasteiger partial charge in [0.1, 0.15) is 0 Å². The van der Waals surface area contributed by atoms with E-state index in [-0.39, 0.29) is 5.91 Å². The zero-order valence-electron chi connectivity index (χ0n) is 8.92. The second-order valence-electron chi connectivity index (χ2n) is 3.29. The number of thiophene rings is 1. The Kier molecular flexibility index (Phi) is 5.08. The smallest absolute Gasteiger partial charge is 0.263 e. The first kappa shape index (κ1) is 12.5. The summed E-state index contributed by atoms with van der Waals surface area (Å²) in [7, 11) is 3.71. The van der Waals surface area contributed by atoms with Gasteiger partial charge in [0.25, 0.3) is 5.91 Å². The number of carbonyl (C=O) groups is 1. The molecule has 84 valence electrons. The van der Waals surface area contributed by atoms with Crippen molar-refractivity contribution in [2.75, 3.05) is 27.2 Å². The maximum absolute atomic E-state index is 11.8. The fourth-order valence-corrected chi connectivity index (χ4v) is 2.25. The van der Waals surface area contributed by atoms with E-state index in [1.807, 2.05) is 14.1 Å². The molecule has 0 aliphatic heterocycles. The molecular formula is C10H15ClN2OS. The average molecular weight is 247 g/mol. The third-order valence-electron chi connectivity index (χ3n) is 2.05. The summed E-state index contributed by atoms with van der Waals surface area (Å²) in [5.74, 6) is 0.0444. The monoisotopic (exact) mass is 246 g/mol. The normalized spacial score (nSPS) is 10.3. The standard InChI is InChI=1S/C10H15ClN2OS/c1-12-6-3-7-13(2)10(14)8-4-5-9(11)15-8/h4-5,12H,3,6-7H2,1-2H3. The molecule has 15 heavy (non-hydrogen) atoms. The van der Waals surface area contributed by atoms with Crippen molar-refractivity contribution >= 4 is 28.8 Å². The summed E-state index contributed by atoms with van der Waals surface area (Å²) in [5, 5.41) is 3.05.